The molecule has 3 rings (SSSR count). The minimum atomic E-state index is -2.88. The average Bonchev–Trinajstić information content (AvgIpc) is 2.99. The van der Waals surface area contributed by atoms with Crippen LogP contribution in [0.3, 0.4) is 0 Å². The maximum atomic E-state index is 12.3. The van der Waals surface area contributed by atoms with Crippen LogP contribution in [0.5, 0.6) is 0 Å². The molecule has 0 aromatic heterocycles. The van der Waals surface area contributed by atoms with Crippen LogP contribution in [0.2, 0.25) is 16.6 Å². The van der Waals surface area contributed by atoms with Crippen molar-refractivity contribution in [2.75, 3.05) is 13.2 Å². The average molecular weight is 408 g/mol. The summed E-state index contributed by atoms with van der Waals surface area (Å²) in [6, 6.07) is 0. The van der Waals surface area contributed by atoms with Gasteiger partial charge in [-0.1, -0.05) is 0 Å². The fourth-order valence-corrected chi connectivity index (χ4v) is 5.84. The van der Waals surface area contributed by atoms with Gasteiger partial charge >= 0.3 is 145 Å². The molecular formula is C16H29AsO7. The molecule has 3 aliphatic rings. The molecule has 24 heavy (non-hydrogen) atoms. The van der Waals surface area contributed by atoms with Gasteiger partial charge in [0.05, 0.1) is 0 Å². The summed E-state index contributed by atoms with van der Waals surface area (Å²) in [7, 11) is 0. The van der Waals surface area contributed by atoms with E-state index >= 15 is 0 Å². The predicted octanol–water partition coefficient (Wildman–Crippen LogP) is 2.04. The maximum absolute atomic E-state index is 12.3. The predicted molar refractivity (Wildman–Crippen MR) is 86.3 cm³/mol. The Kier molecular flexibility index (Phi) is 5.02. The Labute approximate surface area is 145 Å². The van der Waals surface area contributed by atoms with Crippen LogP contribution in [0.25, 0.3) is 0 Å². The Hall–Kier alpha value is 0.118. The molecule has 3 fully saturated rings. The Morgan fingerprint density at radius 2 is 1.71 bits per heavy atom. The van der Waals surface area contributed by atoms with E-state index in [1.54, 1.807) is 0 Å². The molecule has 0 amide bonds. The molecule has 3 aliphatic heterocycles. The molecule has 0 N–H and O–H groups in total. The molecule has 5 unspecified atom stereocenters. The zero-order valence-corrected chi connectivity index (χ0v) is 17.2. The Morgan fingerprint density at radius 3 is 2.29 bits per heavy atom. The van der Waals surface area contributed by atoms with Crippen LogP contribution in [-0.4, -0.2) is 69.0 Å². The van der Waals surface area contributed by atoms with E-state index in [9.17, 15) is 3.74 Å². The van der Waals surface area contributed by atoms with Gasteiger partial charge in [-0.15, -0.1) is 0 Å². The van der Waals surface area contributed by atoms with E-state index in [-0.39, 0.29) is 24.4 Å². The third kappa shape index (κ3) is 4.44. The van der Waals surface area contributed by atoms with Gasteiger partial charge in [0.2, 0.25) is 0 Å². The van der Waals surface area contributed by atoms with Gasteiger partial charge in [0.15, 0.2) is 0 Å². The third-order valence-corrected chi connectivity index (χ3v) is 6.84. The molecule has 3 heterocycles. The molecule has 0 aliphatic carbocycles. The summed E-state index contributed by atoms with van der Waals surface area (Å²) in [6.07, 6.45) is -1.52. The molecule has 0 spiro atoms. The van der Waals surface area contributed by atoms with Crippen molar-refractivity contribution in [3.05, 3.63) is 0 Å². The number of hydrogen-bond donors (Lipinski definition) is 0. The topological polar surface area (TPSA) is 72.5 Å². The first kappa shape index (κ1) is 18.9. The monoisotopic (exact) mass is 408 g/mol. The van der Waals surface area contributed by atoms with Crippen molar-refractivity contribution in [1.29, 1.82) is 0 Å². The fourth-order valence-electron chi connectivity index (χ4n) is 3.40. The van der Waals surface area contributed by atoms with Gasteiger partial charge in [0, 0.05) is 0 Å². The van der Waals surface area contributed by atoms with Gasteiger partial charge in [-0.2, -0.15) is 0 Å². The minimum absolute atomic E-state index is 0.135. The third-order valence-electron chi connectivity index (χ3n) is 4.24. The Morgan fingerprint density at radius 1 is 1.04 bits per heavy atom. The Balaban J connectivity index is 1.62. The van der Waals surface area contributed by atoms with E-state index < -0.39 is 31.4 Å². The van der Waals surface area contributed by atoms with Gasteiger partial charge < -0.3 is 0 Å². The van der Waals surface area contributed by atoms with Crippen molar-refractivity contribution in [1.82, 2.24) is 0 Å². The van der Waals surface area contributed by atoms with Crippen molar-refractivity contribution < 1.29 is 32.2 Å². The van der Waals surface area contributed by atoms with Gasteiger partial charge in [-0.05, 0) is 0 Å². The van der Waals surface area contributed by atoms with E-state index in [1.807, 2.05) is 39.1 Å². The summed E-state index contributed by atoms with van der Waals surface area (Å²) in [5.74, 6) is -1.27. The molecule has 5 atom stereocenters. The van der Waals surface area contributed by atoms with Crippen LogP contribution in [0.1, 0.15) is 27.7 Å². The van der Waals surface area contributed by atoms with Crippen molar-refractivity contribution in [2.24, 2.45) is 0 Å². The first-order valence-corrected chi connectivity index (χ1v) is 14.3. The zero-order valence-electron chi connectivity index (χ0n) is 15.3. The van der Waals surface area contributed by atoms with Crippen molar-refractivity contribution >= 4 is 13.5 Å². The van der Waals surface area contributed by atoms with Gasteiger partial charge in [0.25, 0.3) is 0 Å². The Bertz CT molecular complexity index is 515. The van der Waals surface area contributed by atoms with Gasteiger partial charge in [0.1, 0.15) is 0 Å². The van der Waals surface area contributed by atoms with E-state index in [4.69, 9.17) is 28.4 Å². The number of fused-ring (bicyclic) bond motifs is 1. The first-order chi connectivity index (χ1) is 10.9. The second kappa shape index (κ2) is 6.38. The molecule has 0 radical (unpaired) electrons. The van der Waals surface area contributed by atoms with Crippen molar-refractivity contribution in [3.63, 3.8) is 0 Å². The van der Waals surface area contributed by atoms with Crippen LogP contribution in [0, 0.1) is 0 Å². The summed E-state index contributed by atoms with van der Waals surface area (Å²) in [6.45, 7) is 8.35. The normalized spacial score (nSPS) is 40.8. The summed E-state index contributed by atoms with van der Waals surface area (Å²) in [5, 5.41) is 0.509. The van der Waals surface area contributed by atoms with Crippen LogP contribution < -0.4 is 0 Å². The number of hydrogen-bond acceptors (Lipinski definition) is 7. The SMILES string of the molecule is CC1(C)OCC(COC2OC(C[As](C)(C)=O)C3OC(C)(C)OC23)O1. The van der Waals surface area contributed by atoms with Crippen LogP contribution in [0.15, 0.2) is 0 Å². The van der Waals surface area contributed by atoms with Crippen molar-refractivity contribution in [2.45, 2.75) is 86.6 Å². The standard InChI is InChI=1S/C16H29AsO7/c1-15(2)20-9-10(22-15)8-19-14-13-12(23-16(3,4)24-13)11(21-14)7-17(5,6)18/h10-14H,7-9H2,1-6H3. The summed E-state index contributed by atoms with van der Waals surface area (Å²) in [5.41, 5.74) is 3.63. The first-order valence-electron chi connectivity index (χ1n) is 8.43. The van der Waals surface area contributed by atoms with E-state index in [0.717, 1.165) is 0 Å². The number of ether oxygens (including phenoxy) is 6. The second-order valence-corrected chi connectivity index (χ2v) is 15.5. The molecule has 0 saturated carbocycles. The van der Waals surface area contributed by atoms with E-state index in [0.29, 0.717) is 18.4 Å². The molecular weight excluding hydrogens is 379 g/mol. The van der Waals surface area contributed by atoms with Crippen LogP contribution in [0.4, 0.5) is 0 Å². The molecule has 0 aromatic carbocycles. The van der Waals surface area contributed by atoms with E-state index in [1.165, 1.54) is 0 Å². The fraction of sp³-hybridized carbons (Fsp3) is 1.00. The zero-order chi connectivity index (χ0) is 17.8. The summed E-state index contributed by atoms with van der Waals surface area (Å²) >= 11 is -2.88. The summed E-state index contributed by atoms with van der Waals surface area (Å²) < 4.78 is 47.4. The molecule has 8 heteroatoms. The molecule has 0 bridgehead atoms. The van der Waals surface area contributed by atoms with Crippen molar-refractivity contribution in [3.8, 4) is 0 Å². The van der Waals surface area contributed by atoms with Crippen LogP contribution in [-0.2, 0) is 32.2 Å². The van der Waals surface area contributed by atoms with Crippen LogP contribution >= 0.6 is 0 Å². The van der Waals surface area contributed by atoms with Gasteiger partial charge in [-0.25, -0.2) is 0 Å². The van der Waals surface area contributed by atoms with E-state index in [2.05, 4.69) is 0 Å². The quantitative estimate of drug-likeness (QED) is 0.645. The molecule has 3 saturated heterocycles. The molecule has 140 valence electrons. The number of rotatable bonds is 5. The summed E-state index contributed by atoms with van der Waals surface area (Å²) in [4.78, 5) is 0. The second-order valence-electron chi connectivity index (χ2n) is 8.15. The molecule has 0 aromatic rings. The molecule has 7 nitrogen and oxygen atoms in total. The van der Waals surface area contributed by atoms with Gasteiger partial charge in [-0.3, -0.25) is 0 Å².